The van der Waals surface area contributed by atoms with E-state index in [2.05, 4.69) is 5.32 Å². The minimum Gasteiger partial charge on any atom is -0.508 e. The number of phenolic OH excluding ortho intramolecular Hbond substituents is 1. The zero-order chi connectivity index (χ0) is 22.8. The van der Waals surface area contributed by atoms with Crippen molar-refractivity contribution in [1.82, 2.24) is 0 Å². The van der Waals surface area contributed by atoms with Gasteiger partial charge in [-0.3, -0.25) is 9.59 Å². The maximum Gasteiger partial charge on any atom is 0.371 e. The molecule has 8 heteroatoms. The van der Waals surface area contributed by atoms with Crippen molar-refractivity contribution in [3.63, 3.8) is 0 Å². The van der Waals surface area contributed by atoms with Crippen molar-refractivity contribution in [2.24, 2.45) is 0 Å². The Hall–Kier alpha value is -4.59. The molecule has 0 aliphatic rings. The third kappa shape index (κ3) is 4.01. The van der Waals surface area contributed by atoms with Crippen LogP contribution >= 0.6 is 0 Å². The summed E-state index contributed by atoms with van der Waals surface area (Å²) in [5, 5.41) is 21.6. The lowest BCUT2D eigenvalue weighted by molar-refractivity contribution is 0.0663. The molecular weight excluding hydrogens is 414 g/mol. The number of nitrogens with one attached hydrogen (secondary N) is 1. The molecule has 0 unspecified atom stereocenters. The van der Waals surface area contributed by atoms with E-state index in [1.807, 2.05) is 0 Å². The molecule has 1 heterocycles. The summed E-state index contributed by atoms with van der Waals surface area (Å²) in [5.41, 5.74) is 1.07. The first-order valence-electron chi connectivity index (χ1n) is 9.45. The normalized spacial score (nSPS) is 10.7. The number of phenols is 1. The molecule has 3 N–H and O–H groups in total. The fraction of sp³-hybridized carbons (Fsp3) is 0.0417. The Balaban J connectivity index is 1.86. The van der Waals surface area contributed by atoms with Crippen LogP contribution in [0.5, 0.6) is 11.5 Å². The molecule has 0 atom stereocenters. The fourth-order valence-electron chi connectivity index (χ4n) is 3.21. The summed E-state index contributed by atoms with van der Waals surface area (Å²) in [7, 11) is 1.51. The average molecular weight is 431 g/mol. The molecular formula is C24H17NO7. The number of methoxy groups -OCH3 is 1. The van der Waals surface area contributed by atoms with E-state index < -0.39 is 23.1 Å². The van der Waals surface area contributed by atoms with Gasteiger partial charge in [0.25, 0.3) is 5.91 Å². The first kappa shape index (κ1) is 20.7. The third-order valence-corrected chi connectivity index (χ3v) is 4.84. The van der Waals surface area contributed by atoms with E-state index >= 15 is 0 Å². The Morgan fingerprint density at radius 1 is 0.938 bits per heavy atom. The van der Waals surface area contributed by atoms with Crippen LogP contribution in [0.2, 0.25) is 0 Å². The zero-order valence-electron chi connectivity index (χ0n) is 16.8. The maximum absolute atomic E-state index is 12.8. The number of fused-ring (bicyclic) bond motifs is 1. The van der Waals surface area contributed by atoms with Crippen LogP contribution in [-0.2, 0) is 0 Å². The van der Waals surface area contributed by atoms with E-state index in [0.717, 1.165) is 6.07 Å². The lowest BCUT2D eigenvalue weighted by Gasteiger charge is -2.12. The van der Waals surface area contributed by atoms with Crippen LogP contribution < -0.4 is 15.5 Å². The summed E-state index contributed by atoms with van der Waals surface area (Å²) in [6, 6.07) is 16.7. The second-order valence-corrected chi connectivity index (χ2v) is 6.91. The van der Waals surface area contributed by atoms with E-state index in [9.17, 15) is 24.6 Å². The van der Waals surface area contributed by atoms with Crippen LogP contribution in [0, 0.1) is 0 Å². The van der Waals surface area contributed by atoms with Gasteiger partial charge in [-0.1, -0.05) is 12.1 Å². The van der Waals surface area contributed by atoms with E-state index in [4.69, 9.17) is 9.15 Å². The van der Waals surface area contributed by atoms with Crippen molar-refractivity contribution in [2.45, 2.75) is 0 Å². The van der Waals surface area contributed by atoms with Gasteiger partial charge in [0, 0.05) is 11.6 Å². The highest BCUT2D eigenvalue weighted by atomic mass is 16.5. The van der Waals surface area contributed by atoms with Crippen molar-refractivity contribution in [1.29, 1.82) is 0 Å². The maximum atomic E-state index is 12.8. The van der Waals surface area contributed by atoms with Gasteiger partial charge in [-0.05, 0) is 59.7 Å². The number of aromatic carboxylic acids is 1. The average Bonchev–Trinajstić information content (AvgIpc) is 2.79. The number of carboxylic acids is 1. The highest BCUT2D eigenvalue weighted by Crippen LogP contribution is 2.31. The van der Waals surface area contributed by atoms with E-state index in [-0.39, 0.29) is 22.4 Å². The number of hydrogen-bond acceptors (Lipinski definition) is 6. The van der Waals surface area contributed by atoms with Crippen LogP contribution in [0.4, 0.5) is 5.69 Å². The van der Waals surface area contributed by atoms with Crippen molar-refractivity contribution in [3.05, 3.63) is 88.3 Å². The first-order chi connectivity index (χ1) is 15.4. The molecule has 0 aliphatic heterocycles. The molecule has 0 fully saturated rings. The Morgan fingerprint density at radius 2 is 1.62 bits per heavy atom. The van der Waals surface area contributed by atoms with Crippen molar-refractivity contribution in [3.8, 4) is 22.6 Å². The van der Waals surface area contributed by atoms with Gasteiger partial charge >= 0.3 is 5.97 Å². The predicted octanol–water partition coefficient (Wildman–Crippen LogP) is 4.12. The number of ether oxygens (including phenoxy) is 1. The fourth-order valence-corrected chi connectivity index (χ4v) is 3.21. The van der Waals surface area contributed by atoms with Crippen molar-refractivity contribution < 1.29 is 29.0 Å². The summed E-state index contributed by atoms with van der Waals surface area (Å²) in [5.74, 6) is -1.77. The van der Waals surface area contributed by atoms with Gasteiger partial charge in [0.2, 0.25) is 5.76 Å². The Morgan fingerprint density at radius 3 is 2.25 bits per heavy atom. The summed E-state index contributed by atoms with van der Waals surface area (Å²) in [6.45, 7) is 0. The minimum absolute atomic E-state index is 0.0562. The number of carbonyl (C=O) groups excluding carboxylic acids is 1. The Bertz CT molecular complexity index is 1390. The number of carboxylic acid groups (broad SMARTS) is 1. The third-order valence-electron chi connectivity index (χ3n) is 4.84. The molecule has 0 aliphatic carbocycles. The smallest absolute Gasteiger partial charge is 0.371 e. The molecule has 3 aromatic carbocycles. The van der Waals surface area contributed by atoms with Gasteiger partial charge in [0.15, 0.2) is 11.0 Å². The molecule has 4 rings (SSSR count). The summed E-state index contributed by atoms with van der Waals surface area (Å²) >= 11 is 0. The van der Waals surface area contributed by atoms with Gasteiger partial charge in [-0.2, -0.15) is 0 Å². The molecule has 8 nitrogen and oxygen atoms in total. The van der Waals surface area contributed by atoms with Crippen LogP contribution in [0.15, 0.2) is 75.9 Å². The second-order valence-electron chi connectivity index (χ2n) is 6.91. The van der Waals surface area contributed by atoms with Gasteiger partial charge in [-0.25, -0.2) is 4.79 Å². The lowest BCUT2D eigenvalue weighted by Crippen LogP contribution is -2.14. The zero-order valence-corrected chi connectivity index (χ0v) is 16.8. The Kier molecular flexibility index (Phi) is 5.34. The summed E-state index contributed by atoms with van der Waals surface area (Å²) in [4.78, 5) is 36.8. The lowest BCUT2D eigenvalue weighted by atomic mass is 10.0. The SMILES string of the molecule is COc1ccc(C(=O)Nc2cc(-c3ccc(O)cc3)cc3c(=O)cc(C(=O)O)oc23)cc1. The van der Waals surface area contributed by atoms with E-state index in [0.29, 0.717) is 22.4 Å². The second kappa shape index (κ2) is 8.27. The van der Waals surface area contributed by atoms with Gasteiger partial charge in [0.05, 0.1) is 18.2 Å². The van der Waals surface area contributed by atoms with Gasteiger partial charge in [-0.15, -0.1) is 0 Å². The van der Waals surface area contributed by atoms with Crippen molar-refractivity contribution >= 4 is 28.5 Å². The van der Waals surface area contributed by atoms with E-state index in [1.165, 1.54) is 19.2 Å². The molecule has 0 spiro atoms. The molecule has 0 radical (unpaired) electrons. The molecule has 1 aromatic heterocycles. The van der Waals surface area contributed by atoms with E-state index in [1.54, 1.807) is 48.5 Å². The molecule has 1 amide bonds. The molecule has 32 heavy (non-hydrogen) atoms. The Labute approximate surface area is 181 Å². The molecule has 160 valence electrons. The number of carbonyl (C=O) groups is 2. The molecule has 0 saturated carbocycles. The number of anilines is 1. The molecule has 4 aromatic rings. The number of amides is 1. The van der Waals surface area contributed by atoms with Crippen LogP contribution in [0.3, 0.4) is 0 Å². The molecule has 0 saturated heterocycles. The summed E-state index contributed by atoms with van der Waals surface area (Å²) in [6.07, 6.45) is 0. The number of rotatable bonds is 5. The predicted molar refractivity (Wildman–Crippen MR) is 117 cm³/mol. The standard InChI is InChI=1S/C24H17NO7/c1-31-17-8-4-14(5-9-17)23(28)25-19-11-15(13-2-6-16(26)7-3-13)10-18-20(27)12-21(24(29)30)32-22(18)19/h2-12,26H,1H3,(H,25,28)(H,29,30). The van der Waals surface area contributed by atoms with Crippen LogP contribution in [-0.4, -0.2) is 29.2 Å². The first-order valence-corrected chi connectivity index (χ1v) is 9.45. The number of aromatic hydroxyl groups is 1. The quantitative estimate of drug-likeness (QED) is 0.434. The van der Waals surface area contributed by atoms with Crippen LogP contribution in [0.25, 0.3) is 22.1 Å². The number of hydrogen-bond donors (Lipinski definition) is 3. The van der Waals surface area contributed by atoms with Crippen LogP contribution in [0.1, 0.15) is 20.9 Å². The summed E-state index contributed by atoms with van der Waals surface area (Å²) < 4.78 is 10.5. The van der Waals surface area contributed by atoms with Crippen molar-refractivity contribution in [2.75, 3.05) is 12.4 Å². The highest BCUT2D eigenvalue weighted by molar-refractivity contribution is 6.09. The minimum atomic E-state index is -1.40. The molecule has 0 bridgehead atoms. The largest absolute Gasteiger partial charge is 0.508 e. The number of benzene rings is 3. The highest BCUT2D eigenvalue weighted by Gasteiger charge is 2.18. The van der Waals surface area contributed by atoms with Gasteiger partial charge < -0.3 is 24.7 Å². The topological polar surface area (TPSA) is 126 Å². The van der Waals surface area contributed by atoms with Gasteiger partial charge in [0.1, 0.15) is 11.5 Å². The monoisotopic (exact) mass is 431 g/mol.